The largest absolute Gasteiger partial charge is 0.484 e. The van der Waals surface area contributed by atoms with Crippen LogP contribution >= 0.6 is 0 Å². The first-order chi connectivity index (χ1) is 14.0. The maximum Gasteiger partial charge on any atom is 0.410 e. The van der Waals surface area contributed by atoms with E-state index in [4.69, 9.17) is 9.47 Å². The summed E-state index contributed by atoms with van der Waals surface area (Å²) in [7, 11) is 0. The van der Waals surface area contributed by atoms with Crippen LogP contribution in [-0.4, -0.2) is 59.5 Å². The molecule has 0 aromatic heterocycles. The van der Waals surface area contributed by atoms with Crippen LogP contribution in [-0.2, 0) is 4.74 Å². The van der Waals surface area contributed by atoms with E-state index in [2.05, 4.69) is 6.92 Å². The SMILES string of the molecule is CC(C1CCN(C(=O)OC(C)(C)C)CC1)N1C[C@H](C)Oc2c(F)cc(C(=O)O)cc21. The Morgan fingerprint density at radius 2 is 1.90 bits per heavy atom. The Morgan fingerprint density at radius 1 is 1.27 bits per heavy atom. The number of carboxylic acid groups (broad SMARTS) is 1. The third kappa shape index (κ3) is 4.79. The third-order valence-corrected chi connectivity index (χ3v) is 5.72. The topological polar surface area (TPSA) is 79.3 Å². The normalized spacial score (nSPS) is 20.9. The Bertz CT molecular complexity index is 814. The van der Waals surface area contributed by atoms with E-state index in [1.807, 2.05) is 32.6 Å². The number of carbonyl (C=O) groups is 2. The highest BCUT2D eigenvalue weighted by Gasteiger charge is 2.36. The maximum absolute atomic E-state index is 14.5. The minimum Gasteiger partial charge on any atom is -0.484 e. The van der Waals surface area contributed by atoms with Crippen molar-refractivity contribution >= 4 is 17.7 Å². The predicted octanol–water partition coefficient (Wildman–Crippen LogP) is 4.15. The highest BCUT2D eigenvalue weighted by atomic mass is 19.1. The molecule has 8 heteroatoms. The summed E-state index contributed by atoms with van der Waals surface area (Å²) < 4.78 is 25.7. The van der Waals surface area contributed by atoms with Gasteiger partial charge in [0, 0.05) is 19.1 Å². The minimum atomic E-state index is -1.17. The summed E-state index contributed by atoms with van der Waals surface area (Å²) in [6, 6.07) is 2.53. The molecule has 1 aromatic rings. The first-order valence-electron chi connectivity index (χ1n) is 10.4. The molecule has 30 heavy (non-hydrogen) atoms. The van der Waals surface area contributed by atoms with E-state index in [9.17, 15) is 19.1 Å². The molecule has 2 heterocycles. The van der Waals surface area contributed by atoms with Crippen LogP contribution in [0, 0.1) is 11.7 Å². The minimum absolute atomic E-state index is 0.0410. The number of fused-ring (bicyclic) bond motifs is 1. The monoisotopic (exact) mass is 422 g/mol. The van der Waals surface area contributed by atoms with Gasteiger partial charge in [-0.1, -0.05) is 0 Å². The Morgan fingerprint density at radius 3 is 2.47 bits per heavy atom. The van der Waals surface area contributed by atoms with Crippen LogP contribution in [0.2, 0.25) is 0 Å². The molecule has 0 spiro atoms. The second kappa shape index (κ2) is 8.32. The summed E-state index contributed by atoms with van der Waals surface area (Å²) in [6.45, 7) is 11.2. The quantitative estimate of drug-likeness (QED) is 0.788. The molecule has 0 radical (unpaired) electrons. The lowest BCUT2D eigenvalue weighted by molar-refractivity contribution is 0.0174. The number of nitrogens with zero attached hydrogens (tertiary/aromatic N) is 2. The van der Waals surface area contributed by atoms with E-state index in [0.717, 1.165) is 18.9 Å². The summed E-state index contributed by atoms with van der Waals surface area (Å²) in [5, 5.41) is 9.32. The van der Waals surface area contributed by atoms with Gasteiger partial charge in [-0.05, 0) is 65.5 Å². The lowest BCUT2D eigenvalue weighted by Gasteiger charge is -2.44. The van der Waals surface area contributed by atoms with Crippen molar-refractivity contribution in [3.8, 4) is 5.75 Å². The average molecular weight is 422 g/mol. The highest BCUT2D eigenvalue weighted by molar-refractivity contribution is 5.90. The van der Waals surface area contributed by atoms with Crippen molar-refractivity contribution in [1.29, 1.82) is 0 Å². The number of ether oxygens (including phenoxy) is 2. The highest BCUT2D eigenvalue weighted by Crippen LogP contribution is 2.40. The van der Waals surface area contributed by atoms with E-state index in [1.54, 1.807) is 4.90 Å². The molecule has 2 aliphatic rings. The van der Waals surface area contributed by atoms with E-state index < -0.39 is 17.4 Å². The fourth-order valence-corrected chi connectivity index (χ4v) is 4.18. The maximum atomic E-state index is 14.5. The van der Waals surface area contributed by atoms with E-state index in [-0.39, 0.29) is 35.5 Å². The van der Waals surface area contributed by atoms with Gasteiger partial charge in [-0.2, -0.15) is 0 Å². The third-order valence-electron chi connectivity index (χ3n) is 5.72. The average Bonchev–Trinajstić information content (AvgIpc) is 2.66. The molecule has 166 valence electrons. The number of benzene rings is 1. The summed E-state index contributed by atoms with van der Waals surface area (Å²) in [6.07, 6.45) is 1.07. The number of carbonyl (C=O) groups excluding carboxylic acids is 1. The summed E-state index contributed by atoms with van der Waals surface area (Å²) >= 11 is 0. The molecule has 1 saturated heterocycles. The molecule has 1 N–H and O–H groups in total. The van der Waals surface area contributed by atoms with Gasteiger partial charge < -0.3 is 24.4 Å². The zero-order valence-electron chi connectivity index (χ0n) is 18.3. The summed E-state index contributed by atoms with van der Waals surface area (Å²) in [4.78, 5) is 27.5. The smallest absolute Gasteiger partial charge is 0.410 e. The number of rotatable bonds is 3. The number of aromatic carboxylic acids is 1. The van der Waals surface area contributed by atoms with Gasteiger partial charge >= 0.3 is 12.1 Å². The van der Waals surface area contributed by atoms with Gasteiger partial charge in [0.25, 0.3) is 0 Å². The van der Waals surface area contributed by atoms with Crippen LogP contribution in [0.15, 0.2) is 12.1 Å². The number of likely N-dealkylation sites (tertiary alicyclic amines) is 1. The molecule has 0 saturated carbocycles. The molecule has 0 bridgehead atoms. The predicted molar refractivity (Wildman–Crippen MR) is 111 cm³/mol. The molecule has 1 amide bonds. The Kier molecular flexibility index (Phi) is 6.15. The van der Waals surface area contributed by atoms with Crippen LogP contribution in [0.1, 0.15) is 57.8 Å². The number of hydrogen-bond acceptors (Lipinski definition) is 5. The number of carboxylic acids is 1. The van der Waals surface area contributed by atoms with Crippen LogP contribution in [0.3, 0.4) is 0 Å². The van der Waals surface area contributed by atoms with Gasteiger partial charge in [0.1, 0.15) is 11.7 Å². The second-order valence-corrected chi connectivity index (χ2v) is 9.24. The fraction of sp³-hybridized carbons (Fsp3) is 0.636. The standard InChI is InChI=1S/C22H31FN2O5/c1-13-12-25(18-11-16(20(26)27)10-17(23)19(18)29-13)14(2)15-6-8-24(9-7-15)21(28)30-22(3,4)5/h10-11,13-15H,6-9,12H2,1-5H3,(H,26,27)/t13-,14?/m0/s1. The van der Waals surface area contributed by atoms with Crippen LogP contribution in [0.25, 0.3) is 0 Å². The molecule has 1 aromatic carbocycles. The molecular weight excluding hydrogens is 391 g/mol. The molecule has 2 atom stereocenters. The summed E-state index contributed by atoms with van der Waals surface area (Å²) in [5.41, 5.74) is -0.144. The van der Waals surface area contributed by atoms with Crippen molar-refractivity contribution in [2.75, 3.05) is 24.5 Å². The van der Waals surface area contributed by atoms with E-state index >= 15 is 0 Å². The van der Waals surface area contributed by atoms with Crippen molar-refractivity contribution in [2.45, 2.75) is 65.2 Å². The number of piperidine rings is 1. The van der Waals surface area contributed by atoms with Crippen molar-refractivity contribution in [3.05, 3.63) is 23.5 Å². The first kappa shape index (κ1) is 22.2. The van der Waals surface area contributed by atoms with Crippen LogP contribution in [0.5, 0.6) is 5.75 Å². The van der Waals surface area contributed by atoms with Gasteiger partial charge in [0.2, 0.25) is 0 Å². The van der Waals surface area contributed by atoms with Gasteiger partial charge in [0.05, 0.1) is 17.8 Å². The molecule has 1 unspecified atom stereocenters. The van der Waals surface area contributed by atoms with Crippen molar-refractivity contribution in [2.24, 2.45) is 5.92 Å². The van der Waals surface area contributed by atoms with E-state index in [0.29, 0.717) is 25.3 Å². The van der Waals surface area contributed by atoms with Gasteiger partial charge in [-0.15, -0.1) is 0 Å². The van der Waals surface area contributed by atoms with Gasteiger partial charge in [-0.25, -0.2) is 14.0 Å². The van der Waals surface area contributed by atoms with Crippen molar-refractivity contribution < 1.29 is 28.6 Å². The first-order valence-corrected chi connectivity index (χ1v) is 10.4. The van der Waals surface area contributed by atoms with Gasteiger partial charge in [0.15, 0.2) is 11.6 Å². The Hall–Kier alpha value is -2.51. The number of amides is 1. The van der Waals surface area contributed by atoms with E-state index in [1.165, 1.54) is 6.07 Å². The molecule has 1 fully saturated rings. The molecule has 0 aliphatic carbocycles. The lowest BCUT2D eigenvalue weighted by Crippen LogP contribution is -2.50. The molecular formula is C22H31FN2O5. The molecule has 3 rings (SSSR count). The lowest BCUT2D eigenvalue weighted by atomic mass is 9.88. The Balaban J connectivity index is 1.75. The van der Waals surface area contributed by atoms with Gasteiger partial charge in [-0.3, -0.25) is 0 Å². The second-order valence-electron chi connectivity index (χ2n) is 9.24. The summed E-state index contributed by atoms with van der Waals surface area (Å²) in [5.74, 6) is -1.45. The molecule has 7 nitrogen and oxygen atoms in total. The zero-order chi connectivity index (χ0) is 22.2. The number of hydrogen-bond donors (Lipinski definition) is 1. The van der Waals surface area contributed by atoms with Crippen molar-refractivity contribution in [1.82, 2.24) is 4.90 Å². The molecule has 2 aliphatic heterocycles. The van der Waals surface area contributed by atoms with Crippen molar-refractivity contribution in [3.63, 3.8) is 0 Å². The number of anilines is 1. The van der Waals surface area contributed by atoms with Crippen LogP contribution < -0.4 is 9.64 Å². The fourth-order valence-electron chi connectivity index (χ4n) is 4.18. The van der Waals surface area contributed by atoms with Crippen LogP contribution in [0.4, 0.5) is 14.9 Å². The Labute approximate surface area is 176 Å². The number of halogens is 1. The zero-order valence-corrected chi connectivity index (χ0v) is 18.3.